The van der Waals surface area contributed by atoms with Gasteiger partial charge in [0.1, 0.15) is 6.04 Å². The average Bonchev–Trinajstić information content (AvgIpc) is 3.63. The molecule has 1 aromatic carbocycles. The molecule has 2 fully saturated rings. The number of aromatic nitrogens is 1. The monoisotopic (exact) mass is 517 g/mol. The number of likely N-dealkylation sites (N-methyl/N-ethyl adjacent to an activating group) is 1. The van der Waals surface area contributed by atoms with E-state index in [1.54, 1.807) is 24.7 Å². The zero-order valence-corrected chi connectivity index (χ0v) is 22.7. The Balaban J connectivity index is 1.40. The zero-order chi connectivity index (χ0) is 26.8. The predicted octanol–water partition coefficient (Wildman–Crippen LogP) is 3.39. The summed E-state index contributed by atoms with van der Waals surface area (Å²) >= 11 is 0. The summed E-state index contributed by atoms with van der Waals surface area (Å²) in [5.74, 6) is 0.0507. The lowest BCUT2D eigenvalue weighted by molar-refractivity contribution is -0.138. The van der Waals surface area contributed by atoms with Crippen molar-refractivity contribution < 1.29 is 9.59 Å². The third-order valence-corrected chi connectivity index (χ3v) is 8.63. The van der Waals surface area contributed by atoms with E-state index in [1.807, 2.05) is 36.1 Å². The summed E-state index contributed by atoms with van der Waals surface area (Å²) in [6, 6.07) is 8.60. The Labute approximate surface area is 224 Å². The van der Waals surface area contributed by atoms with Crippen LogP contribution in [-0.4, -0.2) is 58.7 Å². The molecule has 0 radical (unpaired) electrons. The second kappa shape index (κ2) is 11.2. The fourth-order valence-electron chi connectivity index (χ4n) is 6.26. The zero-order valence-electron chi connectivity index (χ0n) is 22.7. The molecule has 202 valence electrons. The molecule has 38 heavy (non-hydrogen) atoms. The van der Waals surface area contributed by atoms with E-state index in [0.29, 0.717) is 13.0 Å². The fraction of sp³-hybridized carbons (Fsp3) is 0.533. The minimum Gasteiger partial charge on any atom is -0.343 e. The van der Waals surface area contributed by atoms with Crippen LogP contribution in [0.25, 0.3) is 16.6 Å². The van der Waals surface area contributed by atoms with Gasteiger partial charge in [0.25, 0.3) is 5.56 Å². The quantitative estimate of drug-likeness (QED) is 0.589. The van der Waals surface area contributed by atoms with Gasteiger partial charge in [0.2, 0.25) is 11.8 Å². The number of fused-ring (bicyclic) bond motifs is 1. The Morgan fingerprint density at radius 2 is 1.84 bits per heavy atom. The first-order chi connectivity index (χ1) is 18.4. The number of para-hydroxylation sites is 1. The van der Waals surface area contributed by atoms with Crippen molar-refractivity contribution >= 4 is 34.1 Å². The molecule has 0 bridgehead atoms. The molecule has 0 spiro atoms. The van der Waals surface area contributed by atoms with Crippen molar-refractivity contribution in [3.63, 3.8) is 0 Å². The maximum atomic E-state index is 14.0. The number of allylic oxidation sites excluding steroid dienone is 1. The number of pyridine rings is 1. The van der Waals surface area contributed by atoms with Gasteiger partial charge in [0.05, 0.1) is 23.3 Å². The summed E-state index contributed by atoms with van der Waals surface area (Å²) in [6.07, 6.45) is 9.82. The van der Waals surface area contributed by atoms with E-state index in [4.69, 9.17) is 4.99 Å². The van der Waals surface area contributed by atoms with E-state index in [-0.39, 0.29) is 35.4 Å². The highest BCUT2D eigenvalue weighted by Gasteiger charge is 2.40. The van der Waals surface area contributed by atoms with Crippen molar-refractivity contribution in [2.24, 2.45) is 18.0 Å². The lowest BCUT2D eigenvalue weighted by atomic mass is 9.83. The maximum Gasteiger partial charge on any atom is 0.251 e. The van der Waals surface area contributed by atoms with Gasteiger partial charge in [0.15, 0.2) is 0 Å². The normalized spacial score (nSPS) is 21.8. The molecule has 2 aromatic rings. The van der Waals surface area contributed by atoms with Crippen molar-refractivity contribution in [3.8, 4) is 0 Å². The largest absolute Gasteiger partial charge is 0.343 e. The van der Waals surface area contributed by atoms with E-state index < -0.39 is 6.04 Å². The van der Waals surface area contributed by atoms with Gasteiger partial charge < -0.3 is 20.1 Å². The van der Waals surface area contributed by atoms with Crippen molar-refractivity contribution in [1.29, 1.82) is 0 Å². The number of aliphatic imine (C=N–C) groups is 1. The molecule has 3 atom stereocenters. The van der Waals surface area contributed by atoms with Gasteiger partial charge in [-0.25, -0.2) is 0 Å². The molecule has 2 aliphatic heterocycles. The number of carbonyl (C=O) groups excluding carboxylic acids is 2. The van der Waals surface area contributed by atoms with Crippen molar-refractivity contribution in [1.82, 2.24) is 20.1 Å². The molecule has 2 N–H and O–H groups in total. The number of likely N-dealkylation sites (tertiary alicyclic amines) is 1. The summed E-state index contributed by atoms with van der Waals surface area (Å²) in [7, 11) is 3.54. The summed E-state index contributed by atoms with van der Waals surface area (Å²) in [5, 5.41) is 7.09. The molecule has 2 amide bonds. The van der Waals surface area contributed by atoms with Crippen molar-refractivity contribution in [2.45, 2.75) is 76.4 Å². The standard InChI is InChI=1S/C30H39N5O3/c1-19(31-2)29(37)33-28(20-10-5-4-6-11-20)30(38)35-17-9-14-26(35)24-16-15-23(32-24)22-18-27(36)34(3)25-13-8-7-12-21(22)25/h7-8,12-13,15,18-20,26,28,31H,4-6,9-11,14,16-17H2,1-3H3,(H,33,37)/t19-,26-,28-/m0/s1. The van der Waals surface area contributed by atoms with Crippen LogP contribution in [0.3, 0.4) is 0 Å². The van der Waals surface area contributed by atoms with Crippen LogP contribution in [0, 0.1) is 5.92 Å². The fourth-order valence-corrected chi connectivity index (χ4v) is 6.26. The second-order valence-corrected chi connectivity index (χ2v) is 11.0. The van der Waals surface area contributed by atoms with Crippen LogP contribution >= 0.6 is 0 Å². The van der Waals surface area contributed by atoms with Gasteiger partial charge in [-0.15, -0.1) is 0 Å². The summed E-state index contributed by atoms with van der Waals surface area (Å²) < 4.78 is 1.66. The number of nitrogens with one attached hydrogen (secondary N) is 2. The van der Waals surface area contributed by atoms with Gasteiger partial charge in [-0.1, -0.05) is 43.5 Å². The van der Waals surface area contributed by atoms with Gasteiger partial charge in [-0.05, 0) is 51.6 Å². The molecule has 1 saturated heterocycles. The van der Waals surface area contributed by atoms with Crippen LogP contribution in [0.15, 0.2) is 46.2 Å². The first-order valence-electron chi connectivity index (χ1n) is 14.0. The molecule has 3 aliphatic rings. The number of rotatable bonds is 7. The number of carbonyl (C=O) groups is 2. The van der Waals surface area contributed by atoms with Crippen molar-refractivity contribution in [2.75, 3.05) is 13.6 Å². The van der Waals surface area contributed by atoms with Crippen LogP contribution < -0.4 is 16.2 Å². The summed E-state index contributed by atoms with van der Waals surface area (Å²) in [6.45, 7) is 2.49. The Kier molecular flexibility index (Phi) is 7.79. The number of aryl methyl sites for hydroxylation is 1. The number of hydrogen-bond acceptors (Lipinski definition) is 5. The van der Waals surface area contributed by atoms with Gasteiger partial charge in [-0.3, -0.25) is 19.4 Å². The Morgan fingerprint density at radius 3 is 2.61 bits per heavy atom. The van der Waals surface area contributed by atoms with Gasteiger partial charge >= 0.3 is 0 Å². The Morgan fingerprint density at radius 1 is 1.08 bits per heavy atom. The van der Waals surface area contributed by atoms with E-state index in [0.717, 1.165) is 66.4 Å². The molecule has 5 rings (SSSR count). The van der Waals surface area contributed by atoms with E-state index in [2.05, 4.69) is 16.7 Å². The molecule has 8 nitrogen and oxygen atoms in total. The van der Waals surface area contributed by atoms with Gasteiger partial charge in [0, 0.05) is 42.7 Å². The number of hydrogen-bond donors (Lipinski definition) is 2. The first kappa shape index (κ1) is 26.4. The van der Waals surface area contributed by atoms with E-state index >= 15 is 0 Å². The molecule has 1 aliphatic carbocycles. The average molecular weight is 518 g/mol. The highest BCUT2D eigenvalue weighted by atomic mass is 16.2. The topological polar surface area (TPSA) is 95.8 Å². The van der Waals surface area contributed by atoms with Crippen LogP contribution in [0.2, 0.25) is 0 Å². The van der Waals surface area contributed by atoms with Crippen LogP contribution in [0.5, 0.6) is 0 Å². The SMILES string of the molecule is CN[C@@H](C)C(=O)N[C@H](C(=O)N1CCC[C@H]1C1=NC(c2cc(=O)n(C)c3ccccc23)=CC1)C1CCCCC1. The minimum absolute atomic E-state index is 0.0197. The third-order valence-electron chi connectivity index (χ3n) is 8.63. The lowest BCUT2D eigenvalue weighted by Crippen LogP contribution is -2.57. The minimum atomic E-state index is -0.505. The second-order valence-electron chi connectivity index (χ2n) is 11.0. The van der Waals surface area contributed by atoms with Crippen LogP contribution in [0.4, 0.5) is 0 Å². The Hall–Kier alpha value is -3.26. The van der Waals surface area contributed by atoms with Gasteiger partial charge in [-0.2, -0.15) is 0 Å². The highest BCUT2D eigenvalue weighted by Crippen LogP contribution is 2.33. The smallest absolute Gasteiger partial charge is 0.251 e. The number of benzene rings is 1. The van der Waals surface area contributed by atoms with E-state index in [1.165, 1.54) is 6.42 Å². The first-order valence-corrected chi connectivity index (χ1v) is 14.0. The molecular weight excluding hydrogens is 478 g/mol. The maximum absolute atomic E-state index is 14.0. The summed E-state index contributed by atoms with van der Waals surface area (Å²) in [5.41, 5.74) is 3.41. The Bertz CT molecular complexity index is 1340. The van der Waals surface area contributed by atoms with Crippen LogP contribution in [0.1, 0.15) is 63.9 Å². The molecule has 1 saturated carbocycles. The van der Waals surface area contributed by atoms with E-state index in [9.17, 15) is 14.4 Å². The molecule has 3 heterocycles. The van der Waals surface area contributed by atoms with Crippen molar-refractivity contribution in [3.05, 3.63) is 52.3 Å². The predicted molar refractivity (Wildman–Crippen MR) is 151 cm³/mol. The molecule has 8 heteroatoms. The highest BCUT2D eigenvalue weighted by molar-refractivity contribution is 6.04. The molecule has 1 aromatic heterocycles. The molecular formula is C30H39N5O3. The molecule has 0 unspecified atom stereocenters. The summed E-state index contributed by atoms with van der Waals surface area (Å²) in [4.78, 5) is 46.5. The number of amides is 2. The van der Waals surface area contributed by atoms with Crippen LogP contribution in [-0.2, 0) is 16.6 Å². The lowest BCUT2D eigenvalue weighted by Gasteiger charge is -2.35. The number of nitrogens with zero attached hydrogens (tertiary/aromatic N) is 3. The third kappa shape index (κ3) is 5.06.